The van der Waals surface area contributed by atoms with E-state index in [0.29, 0.717) is 5.25 Å². The summed E-state index contributed by atoms with van der Waals surface area (Å²) in [4.78, 5) is 12.0. The van der Waals surface area contributed by atoms with Gasteiger partial charge in [-0.25, -0.2) is 0 Å². The van der Waals surface area contributed by atoms with E-state index in [2.05, 4.69) is 11.4 Å². The van der Waals surface area contributed by atoms with Gasteiger partial charge in [0.05, 0.1) is 5.52 Å². The minimum Gasteiger partial charge on any atom is -0.383 e. The molecule has 2 heterocycles. The first-order valence-corrected chi connectivity index (χ1v) is 7.75. The van der Waals surface area contributed by atoms with Crippen molar-refractivity contribution in [3.05, 3.63) is 40.7 Å². The third kappa shape index (κ3) is 2.50. The zero-order valence-corrected chi connectivity index (χ0v) is 11.9. The summed E-state index contributed by atoms with van der Waals surface area (Å²) in [6.07, 6.45) is 2.59. The van der Waals surface area contributed by atoms with E-state index in [1.165, 1.54) is 18.6 Å². The van der Waals surface area contributed by atoms with E-state index in [-0.39, 0.29) is 5.56 Å². The summed E-state index contributed by atoms with van der Waals surface area (Å²) in [6, 6.07) is 9.76. The van der Waals surface area contributed by atoms with Gasteiger partial charge < -0.3 is 9.88 Å². The molecule has 0 radical (unpaired) electrons. The Morgan fingerprint density at radius 1 is 1.42 bits per heavy atom. The third-order valence-corrected chi connectivity index (χ3v) is 5.10. The van der Waals surface area contributed by atoms with Gasteiger partial charge in [0.25, 0.3) is 5.56 Å². The number of fused-ring (bicyclic) bond motifs is 1. The fraction of sp³-hybridized carbons (Fsp3) is 0.400. The normalized spacial score (nSPS) is 18.9. The Balaban J connectivity index is 1.94. The highest BCUT2D eigenvalue weighted by Gasteiger charge is 2.15. The second kappa shape index (κ2) is 5.29. The molecule has 1 aromatic carbocycles. The van der Waals surface area contributed by atoms with Crippen LogP contribution in [0.15, 0.2) is 35.1 Å². The number of pyridine rings is 1. The van der Waals surface area contributed by atoms with E-state index in [4.69, 9.17) is 0 Å². The molecule has 1 fully saturated rings. The maximum atomic E-state index is 12.0. The average Bonchev–Trinajstić information content (AvgIpc) is 2.95. The van der Waals surface area contributed by atoms with Crippen LogP contribution in [0.25, 0.3) is 10.9 Å². The largest absolute Gasteiger partial charge is 0.383 e. The molecule has 4 heteroatoms. The molecule has 1 atom stereocenters. The highest BCUT2D eigenvalue weighted by Crippen LogP contribution is 2.27. The molecule has 1 saturated heterocycles. The van der Waals surface area contributed by atoms with Crippen LogP contribution >= 0.6 is 11.8 Å². The van der Waals surface area contributed by atoms with Crippen LogP contribution in [0.5, 0.6) is 0 Å². The lowest BCUT2D eigenvalue weighted by Crippen LogP contribution is -2.20. The summed E-state index contributed by atoms with van der Waals surface area (Å²) in [5.41, 5.74) is 1.99. The molecular weight excluding hydrogens is 256 g/mol. The molecule has 0 spiro atoms. The van der Waals surface area contributed by atoms with Crippen LogP contribution < -0.4 is 10.9 Å². The number of hydrogen-bond donors (Lipinski definition) is 1. The van der Waals surface area contributed by atoms with Gasteiger partial charge in [0, 0.05) is 36.0 Å². The van der Waals surface area contributed by atoms with Crippen molar-refractivity contribution in [1.29, 1.82) is 0 Å². The molecule has 0 amide bonds. The zero-order chi connectivity index (χ0) is 13.2. The van der Waals surface area contributed by atoms with E-state index < -0.39 is 0 Å². The fourth-order valence-corrected chi connectivity index (χ4v) is 3.79. The van der Waals surface area contributed by atoms with Crippen LogP contribution in [0.2, 0.25) is 0 Å². The number of para-hydroxylation sites is 1. The van der Waals surface area contributed by atoms with Crippen LogP contribution in [0.4, 0.5) is 5.69 Å². The summed E-state index contributed by atoms with van der Waals surface area (Å²) in [6.45, 7) is 0.946. The summed E-state index contributed by atoms with van der Waals surface area (Å²) >= 11 is 2.03. The van der Waals surface area contributed by atoms with Gasteiger partial charge in [-0.2, -0.15) is 11.8 Å². The topological polar surface area (TPSA) is 34.0 Å². The van der Waals surface area contributed by atoms with Gasteiger partial charge in [0.15, 0.2) is 0 Å². The van der Waals surface area contributed by atoms with Crippen LogP contribution in [-0.2, 0) is 7.05 Å². The smallest absolute Gasteiger partial charge is 0.252 e. The average molecular weight is 274 g/mol. The molecule has 1 N–H and O–H groups in total. The molecule has 2 aromatic rings. The van der Waals surface area contributed by atoms with Crippen LogP contribution in [-0.4, -0.2) is 22.1 Å². The molecular formula is C15H18N2OS. The lowest BCUT2D eigenvalue weighted by atomic mass is 10.1. The second-order valence-electron chi connectivity index (χ2n) is 4.99. The van der Waals surface area contributed by atoms with E-state index in [9.17, 15) is 4.79 Å². The van der Waals surface area contributed by atoms with Gasteiger partial charge >= 0.3 is 0 Å². The zero-order valence-electron chi connectivity index (χ0n) is 11.1. The molecule has 1 aliphatic heterocycles. The Bertz CT molecular complexity index is 644. The summed E-state index contributed by atoms with van der Waals surface area (Å²) in [5, 5.41) is 5.26. The Morgan fingerprint density at radius 2 is 2.26 bits per heavy atom. The number of anilines is 1. The highest BCUT2D eigenvalue weighted by molar-refractivity contribution is 8.00. The number of rotatable bonds is 3. The van der Waals surface area contributed by atoms with Gasteiger partial charge in [-0.3, -0.25) is 4.79 Å². The van der Waals surface area contributed by atoms with E-state index in [0.717, 1.165) is 23.1 Å². The van der Waals surface area contributed by atoms with Crippen molar-refractivity contribution in [2.75, 3.05) is 17.6 Å². The number of aromatic nitrogens is 1. The minimum atomic E-state index is 0.0419. The molecule has 1 aromatic heterocycles. The number of benzene rings is 1. The van der Waals surface area contributed by atoms with Crippen molar-refractivity contribution in [3.63, 3.8) is 0 Å². The summed E-state index contributed by atoms with van der Waals surface area (Å²) < 4.78 is 1.70. The van der Waals surface area contributed by atoms with Crippen molar-refractivity contribution in [3.8, 4) is 0 Å². The van der Waals surface area contributed by atoms with Gasteiger partial charge in [-0.05, 0) is 24.7 Å². The number of aryl methyl sites for hydroxylation is 1. The van der Waals surface area contributed by atoms with E-state index in [1.807, 2.05) is 37.0 Å². The second-order valence-corrected chi connectivity index (χ2v) is 6.40. The lowest BCUT2D eigenvalue weighted by Gasteiger charge is -2.14. The third-order valence-electron chi connectivity index (χ3n) is 3.70. The molecule has 0 saturated carbocycles. The molecule has 3 rings (SSSR count). The fourth-order valence-electron chi connectivity index (χ4n) is 2.59. The number of thioether (sulfide) groups is 1. The quantitative estimate of drug-likeness (QED) is 0.934. The van der Waals surface area contributed by atoms with Crippen LogP contribution in [0, 0.1) is 0 Å². The lowest BCUT2D eigenvalue weighted by molar-refractivity contribution is 0.805. The summed E-state index contributed by atoms with van der Waals surface area (Å²) in [5.74, 6) is 1.27. The van der Waals surface area contributed by atoms with E-state index in [1.54, 1.807) is 10.6 Å². The molecule has 0 bridgehead atoms. The monoisotopic (exact) mass is 274 g/mol. The van der Waals surface area contributed by atoms with Gasteiger partial charge in [-0.1, -0.05) is 18.2 Å². The van der Waals surface area contributed by atoms with Gasteiger partial charge in [0.2, 0.25) is 0 Å². The van der Waals surface area contributed by atoms with Crippen molar-refractivity contribution in [2.45, 2.75) is 18.1 Å². The highest BCUT2D eigenvalue weighted by atomic mass is 32.2. The maximum absolute atomic E-state index is 12.0. The van der Waals surface area contributed by atoms with Crippen LogP contribution in [0.1, 0.15) is 12.8 Å². The molecule has 1 aliphatic rings. The van der Waals surface area contributed by atoms with Crippen molar-refractivity contribution in [1.82, 2.24) is 4.57 Å². The Kier molecular flexibility index (Phi) is 3.51. The first kappa shape index (κ1) is 12.6. The number of hydrogen-bond acceptors (Lipinski definition) is 3. The molecule has 3 nitrogen and oxygen atoms in total. The first-order chi connectivity index (χ1) is 9.25. The first-order valence-electron chi connectivity index (χ1n) is 6.70. The van der Waals surface area contributed by atoms with E-state index >= 15 is 0 Å². The van der Waals surface area contributed by atoms with Gasteiger partial charge in [0.1, 0.15) is 0 Å². The predicted octanol–water partition coefficient (Wildman–Crippen LogP) is 2.85. The summed E-state index contributed by atoms with van der Waals surface area (Å²) in [7, 11) is 1.82. The Hall–Kier alpha value is -1.42. The molecule has 1 unspecified atom stereocenters. The minimum absolute atomic E-state index is 0.0419. The molecule has 100 valence electrons. The SMILES string of the molecule is Cn1c(=O)cc(NCC2CCCS2)c2ccccc21. The molecule has 19 heavy (non-hydrogen) atoms. The van der Waals surface area contributed by atoms with Crippen molar-refractivity contribution in [2.24, 2.45) is 7.05 Å². The number of nitrogens with one attached hydrogen (secondary N) is 1. The van der Waals surface area contributed by atoms with Crippen LogP contribution in [0.3, 0.4) is 0 Å². The predicted molar refractivity (Wildman–Crippen MR) is 83.2 cm³/mol. The standard InChI is InChI=1S/C15H18N2OS/c1-17-14-7-3-2-6-12(14)13(9-15(17)18)16-10-11-5-4-8-19-11/h2-3,6-7,9,11,16H,4-5,8,10H2,1H3. The maximum Gasteiger partial charge on any atom is 0.252 e. The molecule has 0 aliphatic carbocycles. The van der Waals surface area contributed by atoms with Gasteiger partial charge in [-0.15, -0.1) is 0 Å². The Morgan fingerprint density at radius 3 is 3.05 bits per heavy atom. The van der Waals surface area contributed by atoms with Crippen molar-refractivity contribution >= 4 is 28.4 Å². The number of nitrogens with zero attached hydrogens (tertiary/aromatic N) is 1. The van der Waals surface area contributed by atoms with Crippen molar-refractivity contribution < 1.29 is 0 Å². The Labute approximate surface area is 117 Å².